The summed E-state index contributed by atoms with van der Waals surface area (Å²) in [5.74, 6) is 1.44. The molecule has 3 heteroatoms. The van der Waals surface area contributed by atoms with Gasteiger partial charge in [0.15, 0.2) is 0 Å². The Kier molecular flexibility index (Phi) is 5.90. The van der Waals surface area contributed by atoms with Crippen molar-refractivity contribution in [3.8, 4) is 0 Å². The fourth-order valence-electron chi connectivity index (χ4n) is 2.52. The lowest BCUT2D eigenvalue weighted by Crippen LogP contribution is -2.53. The Morgan fingerprint density at radius 3 is 2.18 bits per heavy atom. The van der Waals surface area contributed by atoms with Crippen LogP contribution < -0.4 is 5.73 Å². The predicted molar refractivity (Wildman–Crippen MR) is 72.9 cm³/mol. The lowest BCUT2D eigenvalue weighted by atomic mass is 9.96. The van der Waals surface area contributed by atoms with Crippen LogP contribution in [0.2, 0.25) is 0 Å². The van der Waals surface area contributed by atoms with Crippen LogP contribution in [0.5, 0.6) is 0 Å². The van der Waals surface area contributed by atoms with Crippen molar-refractivity contribution in [3.63, 3.8) is 0 Å². The lowest BCUT2D eigenvalue weighted by Gasteiger charge is -2.38. The quantitative estimate of drug-likeness (QED) is 0.683. The molecule has 1 fully saturated rings. The first kappa shape index (κ1) is 14.9. The van der Waals surface area contributed by atoms with Crippen LogP contribution >= 0.6 is 0 Å². The predicted octanol–water partition coefficient (Wildman–Crippen LogP) is 1.84. The van der Waals surface area contributed by atoms with E-state index in [0.29, 0.717) is 12.0 Å². The SMILES string of the molecule is CC(C)CC(N)C(CO)N(CC1CC1)C(C)C. The normalized spacial score (nSPS) is 20.3. The second kappa shape index (κ2) is 6.72. The highest BCUT2D eigenvalue weighted by molar-refractivity contribution is 4.88. The van der Waals surface area contributed by atoms with Crippen molar-refractivity contribution in [2.75, 3.05) is 13.2 Å². The van der Waals surface area contributed by atoms with E-state index in [2.05, 4.69) is 32.6 Å². The molecular weight excluding hydrogens is 212 g/mol. The minimum absolute atomic E-state index is 0.0844. The van der Waals surface area contributed by atoms with Crippen molar-refractivity contribution in [2.24, 2.45) is 17.6 Å². The van der Waals surface area contributed by atoms with E-state index in [1.807, 2.05) is 0 Å². The Hall–Kier alpha value is -0.120. The molecule has 0 aromatic rings. The van der Waals surface area contributed by atoms with Crippen LogP contribution in [0.1, 0.15) is 47.0 Å². The standard InChI is InChI=1S/C14H30N2O/c1-10(2)7-13(15)14(9-17)16(11(3)4)8-12-5-6-12/h10-14,17H,5-9,15H2,1-4H3. The summed E-state index contributed by atoms with van der Waals surface area (Å²) in [6.07, 6.45) is 3.68. The number of hydrogen-bond donors (Lipinski definition) is 2. The molecule has 0 bridgehead atoms. The average Bonchev–Trinajstić information content (AvgIpc) is 2.99. The van der Waals surface area contributed by atoms with Crippen LogP contribution in [0.3, 0.4) is 0 Å². The molecule has 102 valence electrons. The third-order valence-electron chi connectivity index (χ3n) is 3.68. The van der Waals surface area contributed by atoms with Crippen LogP contribution in [-0.4, -0.2) is 41.3 Å². The van der Waals surface area contributed by atoms with Gasteiger partial charge in [-0.1, -0.05) is 13.8 Å². The summed E-state index contributed by atoms with van der Waals surface area (Å²) < 4.78 is 0. The van der Waals surface area contributed by atoms with E-state index < -0.39 is 0 Å². The second-order valence-electron chi connectivity index (χ2n) is 6.28. The van der Waals surface area contributed by atoms with E-state index in [9.17, 15) is 5.11 Å². The topological polar surface area (TPSA) is 49.5 Å². The minimum Gasteiger partial charge on any atom is -0.395 e. The Morgan fingerprint density at radius 2 is 1.82 bits per heavy atom. The monoisotopic (exact) mass is 242 g/mol. The molecule has 2 unspecified atom stereocenters. The molecule has 3 N–H and O–H groups in total. The summed E-state index contributed by atoms with van der Waals surface area (Å²) in [5, 5.41) is 9.64. The summed E-state index contributed by atoms with van der Waals surface area (Å²) in [7, 11) is 0. The lowest BCUT2D eigenvalue weighted by molar-refractivity contribution is 0.0693. The molecule has 0 aromatic carbocycles. The highest BCUT2D eigenvalue weighted by atomic mass is 16.3. The van der Waals surface area contributed by atoms with Gasteiger partial charge in [-0.25, -0.2) is 0 Å². The van der Waals surface area contributed by atoms with Gasteiger partial charge in [0.25, 0.3) is 0 Å². The first-order chi connectivity index (χ1) is 7.95. The van der Waals surface area contributed by atoms with Gasteiger partial charge in [0, 0.05) is 24.7 Å². The Balaban J connectivity index is 2.58. The summed E-state index contributed by atoms with van der Waals surface area (Å²) in [4.78, 5) is 2.41. The number of nitrogens with zero attached hydrogens (tertiary/aromatic N) is 1. The number of nitrogens with two attached hydrogens (primary N) is 1. The molecule has 3 nitrogen and oxygen atoms in total. The molecule has 0 heterocycles. The molecule has 0 spiro atoms. The van der Waals surface area contributed by atoms with Crippen molar-refractivity contribution in [2.45, 2.75) is 65.1 Å². The zero-order chi connectivity index (χ0) is 13.0. The molecule has 0 saturated heterocycles. The number of hydrogen-bond acceptors (Lipinski definition) is 3. The molecular formula is C14H30N2O. The molecule has 1 aliphatic rings. The van der Waals surface area contributed by atoms with Crippen molar-refractivity contribution in [1.82, 2.24) is 4.90 Å². The zero-order valence-corrected chi connectivity index (χ0v) is 11.9. The minimum atomic E-state index is 0.0844. The van der Waals surface area contributed by atoms with E-state index in [1.165, 1.54) is 12.8 Å². The van der Waals surface area contributed by atoms with E-state index in [4.69, 9.17) is 5.73 Å². The molecule has 0 aromatic heterocycles. The Bertz CT molecular complexity index is 214. The van der Waals surface area contributed by atoms with Gasteiger partial charge in [0.05, 0.1) is 6.61 Å². The number of rotatable bonds is 8. The number of aliphatic hydroxyl groups is 1. The van der Waals surface area contributed by atoms with Gasteiger partial charge in [0.1, 0.15) is 0 Å². The van der Waals surface area contributed by atoms with Gasteiger partial charge in [-0.05, 0) is 44.9 Å². The van der Waals surface area contributed by atoms with Crippen LogP contribution in [0.15, 0.2) is 0 Å². The van der Waals surface area contributed by atoms with Crippen molar-refractivity contribution in [3.05, 3.63) is 0 Å². The van der Waals surface area contributed by atoms with Crippen LogP contribution in [0.4, 0.5) is 0 Å². The summed E-state index contributed by atoms with van der Waals surface area (Å²) in [6.45, 7) is 10.1. The fraction of sp³-hybridized carbons (Fsp3) is 1.00. The summed E-state index contributed by atoms with van der Waals surface area (Å²) in [6, 6.07) is 0.671. The maximum absolute atomic E-state index is 9.64. The van der Waals surface area contributed by atoms with Crippen molar-refractivity contribution < 1.29 is 5.11 Å². The molecule has 17 heavy (non-hydrogen) atoms. The van der Waals surface area contributed by atoms with Gasteiger partial charge in [0.2, 0.25) is 0 Å². The average molecular weight is 242 g/mol. The molecule has 1 aliphatic carbocycles. The first-order valence-electron chi connectivity index (χ1n) is 7.07. The zero-order valence-electron chi connectivity index (χ0n) is 11.9. The fourth-order valence-corrected chi connectivity index (χ4v) is 2.52. The maximum atomic E-state index is 9.64. The van der Waals surface area contributed by atoms with E-state index in [0.717, 1.165) is 18.9 Å². The molecule has 0 amide bonds. The first-order valence-corrected chi connectivity index (χ1v) is 7.07. The molecule has 2 atom stereocenters. The Labute approximate surface area is 106 Å². The van der Waals surface area contributed by atoms with Crippen molar-refractivity contribution in [1.29, 1.82) is 0 Å². The van der Waals surface area contributed by atoms with Gasteiger partial charge in [-0.2, -0.15) is 0 Å². The van der Waals surface area contributed by atoms with E-state index >= 15 is 0 Å². The Morgan fingerprint density at radius 1 is 1.24 bits per heavy atom. The van der Waals surface area contributed by atoms with Crippen molar-refractivity contribution >= 4 is 0 Å². The molecule has 0 aliphatic heterocycles. The highest BCUT2D eigenvalue weighted by Crippen LogP contribution is 2.31. The third-order valence-corrected chi connectivity index (χ3v) is 3.68. The van der Waals surface area contributed by atoms with Crippen LogP contribution in [0.25, 0.3) is 0 Å². The van der Waals surface area contributed by atoms with E-state index in [-0.39, 0.29) is 18.7 Å². The smallest absolute Gasteiger partial charge is 0.0602 e. The summed E-state index contributed by atoms with van der Waals surface area (Å²) >= 11 is 0. The number of aliphatic hydroxyl groups excluding tert-OH is 1. The molecule has 1 saturated carbocycles. The molecule has 1 rings (SSSR count). The second-order valence-corrected chi connectivity index (χ2v) is 6.28. The summed E-state index contributed by atoms with van der Waals surface area (Å²) in [5.41, 5.74) is 6.26. The maximum Gasteiger partial charge on any atom is 0.0602 e. The molecule has 0 radical (unpaired) electrons. The third kappa shape index (κ3) is 4.94. The highest BCUT2D eigenvalue weighted by Gasteiger charge is 2.32. The van der Waals surface area contributed by atoms with Gasteiger partial charge in [-0.15, -0.1) is 0 Å². The van der Waals surface area contributed by atoms with Crippen LogP contribution in [0, 0.1) is 11.8 Å². The van der Waals surface area contributed by atoms with E-state index in [1.54, 1.807) is 0 Å². The van der Waals surface area contributed by atoms with Crippen LogP contribution in [-0.2, 0) is 0 Å². The van der Waals surface area contributed by atoms with Gasteiger partial charge in [-0.3, -0.25) is 4.90 Å². The van der Waals surface area contributed by atoms with Gasteiger partial charge >= 0.3 is 0 Å². The largest absolute Gasteiger partial charge is 0.395 e. The van der Waals surface area contributed by atoms with Gasteiger partial charge < -0.3 is 10.8 Å².